The van der Waals surface area contributed by atoms with Gasteiger partial charge in [-0.15, -0.1) is 0 Å². The van der Waals surface area contributed by atoms with Gasteiger partial charge in [0.2, 0.25) is 0 Å². The molecular weight excluding hydrogens is 200 g/mol. The average molecular weight is 230 g/mol. The van der Waals surface area contributed by atoms with Crippen molar-refractivity contribution in [2.24, 2.45) is 5.92 Å². The lowest BCUT2D eigenvalue weighted by Crippen LogP contribution is -2.41. The lowest BCUT2D eigenvalue weighted by atomic mass is 10.0. The Morgan fingerprint density at radius 3 is 2.31 bits per heavy atom. The summed E-state index contributed by atoms with van der Waals surface area (Å²) in [6.07, 6.45) is 1.11. The van der Waals surface area contributed by atoms with Crippen LogP contribution >= 0.6 is 0 Å². The Hall–Kier alpha value is -0.120. The van der Waals surface area contributed by atoms with Crippen molar-refractivity contribution in [2.75, 3.05) is 33.9 Å². The Balaban J connectivity index is 3.77. The van der Waals surface area contributed by atoms with Gasteiger partial charge in [-0.3, -0.25) is 0 Å². The van der Waals surface area contributed by atoms with Crippen LogP contribution in [0.4, 0.5) is 0 Å². The topological polar surface area (TPSA) is 24.5 Å². The van der Waals surface area contributed by atoms with Crippen LogP contribution in [-0.4, -0.2) is 50.8 Å². The first-order valence-electron chi connectivity index (χ1n) is 6.41. The predicted octanol–water partition coefficient (Wildman–Crippen LogP) is 1.98. The molecule has 0 fully saturated rings. The Morgan fingerprint density at radius 2 is 1.81 bits per heavy atom. The molecule has 0 radical (unpaired) electrons. The van der Waals surface area contributed by atoms with Crippen LogP contribution in [0.3, 0.4) is 0 Å². The normalized spacial score (nSPS) is 15.8. The van der Waals surface area contributed by atoms with Crippen LogP contribution in [0.15, 0.2) is 0 Å². The van der Waals surface area contributed by atoms with Gasteiger partial charge in [0.1, 0.15) is 0 Å². The van der Waals surface area contributed by atoms with Crippen molar-refractivity contribution in [3.05, 3.63) is 0 Å². The van der Waals surface area contributed by atoms with Crippen LogP contribution in [-0.2, 0) is 4.74 Å². The van der Waals surface area contributed by atoms with E-state index in [1.165, 1.54) is 0 Å². The zero-order valence-corrected chi connectivity index (χ0v) is 11.9. The summed E-state index contributed by atoms with van der Waals surface area (Å²) in [6.45, 7) is 12.1. The van der Waals surface area contributed by atoms with E-state index in [1.54, 1.807) is 7.11 Å². The molecule has 2 atom stereocenters. The second kappa shape index (κ2) is 8.97. The highest BCUT2D eigenvalue weighted by molar-refractivity contribution is 4.72. The SMILES string of the molecule is COCCCN(C)C(C)C(C)CNC(C)C. The minimum Gasteiger partial charge on any atom is -0.385 e. The minimum atomic E-state index is 0.577. The van der Waals surface area contributed by atoms with E-state index in [-0.39, 0.29) is 0 Å². The Labute approximate surface area is 102 Å². The summed E-state index contributed by atoms with van der Waals surface area (Å²) < 4.78 is 5.07. The van der Waals surface area contributed by atoms with Crippen LogP contribution < -0.4 is 5.32 Å². The molecule has 3 nitrogen and oxygen atoms in total. The Morgan fingerprint density at radius 1 is 1.19 bits per heavy atom. The quantitative estimate of drug-likeness (QED) is 0.613. The lowest BCUT2D eigenvalue weighted by molar-refractivity contribution is 0.151. The molecule has 98 valence electrons. The maximum atomic E-state index is 5.07. The van der Waals surface area contributed by atoms with E-state index >= 15 is 0 Å². The molecule has 0 bridgehead atoms. The molecule has 0 spiro atoms. The summed E-state index contributed by atoms with van der Waals surface area (Å²) in [6, 6.07) is 1.19. The van der Waals surface area contributed by atoms with Crippen LogP contribution in [0.25, 0.3) is 0 Å². The highest BCUT2D eigenvalue weighted by Gasteiger charge is 2.16. The molecule has 0 rings (SSSR count). The fourth-order valence-corrected chi connectivity index (χ4v) is 1.69. The van der Waals surface area contributed by atoms with E-state index in [9.17, 15) is 0 Å². The fraction of sp³-hybridized carbons (Fsp3) is 1.00. The van der Waals surface area contributed by atoms with E-state index in [4.69, 9.17) is 4.74 Å². The summed E-state index contributed by atoms with van der Waals surface area (Å²) in [5, 5.41) is 3.50. The van der Waals surface area contributed by atoms with Crippen molar-refractivity contribution in [1.29, 1.82) is 0 Å². The zero-order valence-electron chi connectivity index (χ0n) is 11.9. The van der Waals surface area contributed by atoms with Gasteiger partial charge in [0.15, 0.2) is 0 Å². The number of nitrogens with zero attached hydrogens (tertiary/aromatic N) is 1. The second-order valence-electron chi connectivity index (χ2n) is 5.11. The molecule has 0 heterocycles. The van der Waals surface area contributed by atoms with Gasteiger partial charge < -0.3 is 15.0 Å². The summed E-state index contributed by atoms with van der Waals surface area (Å²) in [5.41, 5.74) is 0. The monoisotopic (exact) mass is 230 g/mol. The third-order valence-electron chi connectivity index (χ3n) is 3.23. The number of hydrogen-bond donors (Lipinski definition) is 1. The third-order valence-corrected chi connectivity index (χ3v) is 3.23. The van der Waals surface area contributed by atoms with Crippen LogP contribution in [0, 0.1) is 5.92 Å². The Kier molecular flexibility index (Phi) is 8.90. The molecule has 1 N–H and O–H groups in total. The average Bonchev–Trinajstić information content (AvgIpc) is 2.24. The number of methoxy groups -OCH3 is 1. The molecule has 3 heteroatoms. The minimum absolute atomic E-state index is 0.577. The molecule has 0 aliphatic heterocycles. The molecule has 2 unspecified atom stereocenters. The lowest BCUT2D eigenvalue weighted by Gasteiger charge is -2.30. The van der Waals surface area contributed by atoms with Gasteiger partial charge in [-0.25, -0.2) is 0 Å². The molecule has 0 aromatic rings. The first kappa shape index (κ1) is 15.9. The third kappa shape index (κ3) is 7.20. The number of hydrogen-bond acceptors (Lipinski definition) is 3. The van der Waals surface area contributed by atoms with Crippen LogP contribution in [0.2, 0.25) is 0 Å². The van der Waals surface area contributed by atoms with Crippen molar-refractivity contribution < 1.29 is 4.74 Å². The van der Waals surface area contributed by atoms with E-state index in [2.05, 4.69) is 45.0 Å². The van der Waals surface area contributed by atoms with Crippen LogP contribution in [0.5, 0.6) is 0 Å². The fourth-order valence-electron chi connectivity index (χ4n) is 1.69. The maximum absolute atomic E-state index is 5.07. The molecule has 16 heavy (non-hydrogen) atoms. The Bertz CT molecular complexity index is 162. The van der Waals surface area contributed by atoms with Gasteiger partial charge in [0.05, 0.1) is 0 Å². The maximum Gasteiger partial charge on any atom is 0.0474 e. The molecular formula is C13H30N2O. The van der Waals surface area contributed by atoms with Crippen LogP contribution in [0.1, 0.15) is 34.1 Å². The summed E-state index contributed by atoms with van der Waals surface area (Å²) in [5.74, 6) is 0.676. The summed E-state index contributed by atoms with van der Waals surface area (Å²) in [4.78, 5) is 2.42. The van der Waals surface area contributed by atoms with E-state index in [1.807, 2.05) is 0 Å². The molecule has 0 aromatic heterocycles. The zero-order chi connectivity index (χ0) is 12.6. The van der Waals surface area contributed by atoms with E-state index < -0.39 is 0 Å². The molecule has 0 amide bonds. The van der Waals surface area contributed by atoms with E-state index in [0.717, 1.165) is 26.1 Å². The molecule has 0 saturated heterocycles. The van der Waals surface area contributed by atoms with Gasteiger partial charge in [0.25, 0.3) is 0 Å². The van der Waals surface area contributed by atoms with Crippen molar-refractivity contribution in [1.82, 2.24) is 10.2 Å². The predicted molar refractivity (Wildman–Crippen MR) is 70.9 cm³/mol. The second-order valence-corrected chi connectivity index (χ2v) is 5.11. The molecule has 0 aromatic carbocycles. The van der Waals surface area contributed by atoms with E-state index in [0.29, 0.717) is 18.0 Å². The number of nitrogens with one attached hydrogen (secondary N) is 1. The summed E-state index contributed by atoms with van der Waals surface area (Å²) >= 11 is 0. The number of rotatable bonds is 9. The molecule has 0 saturated carbocycles. The van der Waals surface area contributed by atoms with Crippen molar-refractivity contribution in [3.63, 3.8) is 0 Å². The van der Waals surface area contributed by atoms with Gasteiger partial charge in [-0.2, -0.15) is 0 Å². The smallest absolute Gasteiger partial charge is 0.0474 e. The highest BCUT2D eigenvalue weighted by Crippen LogP contribution is 2.09. The largest absolute Gasteiger partial charge is 0.385 e. The molecule has 0 aliphatic rings. The first-order valence-corrected chi connectivity index (χ1v) is 6.41. The first-order chi connectivity index (χ1) is 7.49. The van der Waals surface area contributed by atoms with Gasteiger partial charge in [-0.05, 0) is 32.9 Å². The number of ether oxygens (including phenoxy) is 1. The van der Waals surface area contributed by atoms with Gasteiger partial charge in [-0.1, -0.05) is 20.8 Å². The van der Waals surface area contributed by atoms with Gasteiger partial charge >= 0.3 is 0 Å². The van der Waals surface area contributed by atoms with Crippen molar-refractivity contribution in [3.8, 4) is 0 Å². The summed E-state index contributed by atoms with van der Waals surface area (Å²) in [7, 11) is 3.96. The van der Waals surface area contributed by atoms with Crippen molar-refractivity contribution in [2.45, 2.75) is 46.2 Å². The highest BCUT2D eigenvalue weighted by atomic mass is 16.5. The van der Waals surface area contributed by atoms with Gasteiger partial charge in [0, 0.05) is 32.3 Å². The standard InChI is InChI=1S/C13H30N2O/c1-11(2)14-10-12(3)13(4)15(5)8-7-9-16-6/h11-14H,7-10H2,1-6H3. The molecule has 0 aliphatic carbocycles. The van der Waals surface area contributed by atoms with Crippen molar-refractivity contribution >= 4 is 0 Å².